The van der Waals surface area contributed by atoms with Crippen molar-refractivity contribution in [3.63, 3.8) is 0 Å². The fraction of sp³-hybridized carbons (Fsp3) is 0.188. The lowest BCUT2D eigenvalue weighted by molar-refractivity contribution is -0.122. The van der Waals surface area contributed by atoms with Crippen LogP contribution in [0.1, 0.15) is 6.92 Å². The third-order valence-electron chi connectivity index (χ3n) is 3.01. The summed E-state index contributed by atoms with van der Waals surface area (Å²) in [6.07, 6.45) is -0.797. The van der Waals surface area contributed by atoms with Gasteiger partial charge in [0, 0.05) is 6.07 Å². The summed E-state index contributed by atoms with van der Waals surface area (Å²) in [6, 6.07) is 10.0. The van der Waals surface area contributed by atoms with E-state index >= 15 is 0 Å². The SMILES string of the molecule is COc1ccccc1NC(=O)[C@H](C)Oc1cc(Cl)c(Cl)cc1Cl. The highest BCUT2D eigenvalue weighted by Gasteiger charge is 2.18. The van der Waals surface area contributed by atoms with Gasteiger partial charge in [0.2, 0.25) is 0 Å². The summed E-state index contributed by atoms with van der Waals surface area (Å²) in [5.74, 6) is 0.487. The number of carbonyl (C=O) groups is 1. The van der Waals surface area contributed by atoms with E-state index in [1.165, 1.54) is 19.2 Å². The molecule has 4 nitrogen and oxygen atoms in total. The Labute approximate surface area is 149 Å². The summed E-state index contributed by atoms with van der Waals surface area (Å²) in [5, 5.41) is 3.62. The van der Waals surface area contributed by atoms with Crippen LogP contribution in [0.25, 0.3) is 0 Å². The molecule has 0 radical (unpaired) electrons. The molecule has 0 heterocycles. The molecule has 7 heteroatoms. The molecular formula is C16H14Cl3NO3. The number of ether oxygens (including phenoxy) is 2. The van der Waals surface area contributed by atoms with Crippen molar-refractivity contribution in [1.29, 1.82) is 0 Å². The van der Waals surface area contributed by atoms with E-state index in [0.29, 0.717) is 21.5 Å². The topological polar surface area (TPSA) is 47.6 Å². The van der Waals surface area contributed by atoms with E-state index < -0.39 is 6.10 Å². The minimum atomic E-state index is -0.797. The van der Waals surface area contributed by atoms with Gasteiger partial charge in [0.05, 0.1) is 27.9 Å². The van der Waals surface area contributed by atoms with Gasteiger partial charge in [-0.3, -0.25) is 4.79 Å². The summed E-state index contributed by atoms with van der Waals surface area (Å²) >= 11 is 17.8. The van der Waals surface area contributed by atoms with Gasteiger partial charge in [0.1, 0.15) is 11.5 Å². The molecule has 2 aromatic rings. The molecule has 122 valence electrons. The van der Waals surface area contributed by atoms with Crippen LogP contribution < -0.4 is 14.8 Å². The molecule has 0 bridgehead atoms. The maximum Gasteiger partial charge on any atom is 0.265 e. The van der Waals surface area contributed by atoms with Crippen LogP contribution in [0.5, 0.6) is 11.5 Å². The zero-order valence-electron chi connectivity index (χ0n) is 12.4. The van der Waals surface area contributed by atoms with Crippen molar-refractivity contribution in [3.05, 3.63) is 51.5 Å². The maximum atomic E-state index is 12.3. The number of benzene rings is 2. The van der Waals surface area contributed by atoms with Crippen molar-refractivity contribution in [1.82, 2.24) is 0 Å². The predicted octanol–water partition coefficient (Wildman–Crippen LogP) is 5.06. The molecule has 0 unspecified atom stereocenters. The summed E-state index contributed by atoms with van der Waals surface area (Å²) in [4.78, 5) is 12.3. The monoisotopic (exact) mass is 373 g/mol. The molecule has 0 fully saturated rings. The van der Waals surface area contributed by atoms with Crippen molar-refractivity contribution in [2.24, 2.45) is 0 Å². The first kappa shape index (κ1) is 17.7. The molecule has 1 N–H and O–H groups in total. The summed E-state index contributed by atoms with van der Waals surface area (Å²) in [6.45, 7) is 1.60. The molecule has 1 amide bonds. The van der Waals surface area contributed by atoms with Gasteiger partial charge in [-0.25, -0.2) is 0 Å². The lowest BCUT2D eigenvalue weighted by Gasteiger charge is -2.17. The molecule has 0 aliphatic rings. The van der Waals surface area contributed by atoms with Crippen molar-refractivity contribution in [2.45, 2.75) is 13.0 Å². The molecule has 0 aliphatic carbocycles. The first-order chi connectivity index (χ1) is 10.9. The van der Waals surface area contributed by atoms with E-state index in [1.54, 1.807) is 25.1 Å². The Balaban J connectivity index is 2.10. The second kappa shape index (κ2) is 7.77. The van der Waals surface area contributed by atoms with Crippen LogP contribution in [0, 0.1) is 0 Å². The van der Waals surface area contributed by atoms with Crippen LogP contribution >= 0.6 is 34.8 Å². The van der Waals surface area contributed by atoms with Gasteiger partial charge in [0.25, 0.3) is 5.91 Å². The van der Waals surface area contributed by atoms with Gasteiger partial charge in [0.15, 0.2) is 6.10 Å². The van der Waals surface area contributed by atoms with Crippen LogP contribution in [0.4, 0.5) is 5.69 Å². The molecule has 0 aliphatic heterocycles. The number of methoxy groups -OCH3 is 1. The summed E-state index contributed by atoms with van der Waals surface area (Å²) < 4.78 is 10.7. The van der Waals surface area contributed by atoms with Crippen molar-refractivity contribution in [3.8, 4) is 11.5 Å². The standard InChI is InChI=1S/C16H14Cl3NO3/c1-9(23-15-8-11(18)10(17)7-12(15)19)16(21)20-13-5-3-4-6-14(13)22-2/h3-9H,1-2H3,(H,20,21)/t9-/m0/s1. The largest absolute Gasteiger partial charge is 0.495 e. The van der Waals surface area contributed by atoms with Gasteiger partial charge in [-0.1, -0.05) is 46.9 Å². The fourth-order valence-corrected chi connectivity index (χ4v) is 2.40. The van der Waals surface area contributed by atoms with E-state index in [4.69, 9.17) is 44.3 Å². The lowest BCUT2D eigenvalue weighted by Crippen LogP contribution is -2.30. The average molecular weight is 375 g/mol. The number of para-hydroxylation sites is 2. The molecule has 0 saturated heterocycles. The molecular weight excluding hydrogens is 361 g/mol. The van der Waals surface area contributed by atoms with Gasteiger partial charge in [-0.2, -0.15) is 0 Å². The predicted molar refractivity (Wildman–Crippen MR) is 93.2 cm³/mol. The smallest absolute Gasteiger partial charge is 0.265 e. The van der Waals surface area contributed by atoms with Crippen molar-refractivity contribution in [2.75, 3.05) is 12.4 Å². The number of halogens is 3. The van der Waals surface area contributed by atoms with E-state index in [2.05, 4.69) is 5.32 Å². The minimum Gasteiger partial charge on any atom is -0.495 e. The number of amides is 1. The second-order valence-electron chi connectivity index (χ2n) is 4.65. The Morgan fingerprint density at radius 1 is 1.04 bits per heavy atom. The summed E-state index contributed by atoms with van der Waals surface area (Å²) in [7, 11) is 1.53. The Kier molecular flexibility index (Phi) is 5.99. The van der Waals surface area contributed by atoms with Crippen molar-refractivity contribution < 1.29 is 14.3 Å². The number of rotatable bonds is 5. The Morgan fingerprint density at radius 3 is 2.39 bits per heavy atom. The highest BCUT2D eigenvalue weighted by atomic mass is 35.5. The molecule has 0 spiro atoms. The Hall–Kier alpha value is -1.62. The number of hydrogen-bond donors (Lipinski definition) is 1. The molecule has 23 heavy (non-hydrogen) atoms. The average Bonchev–Trinajstić information content (AvgIpc) is 2.53. The number of carbonyl (C=O) groups excluding carboxylic acids is 1. The van der Waals surface area contributed by atoms with Crippen molar-refractivity contribution >= 4 is 46.4 Å². The first-order valence-electron chi connectivity index (χ1n) is 6.67. The van der Waals surface area contributed by atoms with Crippen LogP contribution in [0.2, 0.25) is 15.1 Å². The zero-order valence-corrected chi connectivity index (χ0v) is 14.7. The normalized spacial score (nSPS) is 11.7. The third kappa shape index (κ3) is 4.44. The number of hydrogen-bond acceptors (Lipinski definition) is 3. The highest BCUT2D eigenvalue weighted by molar-refractivity contribution is 6.43. The quantitative estimate of drug-likeness (QED) is 0.744. The van der Waals surface area contributed by atoms with Gasteiger partial charge in [-0.15, -0.1) is 0 Å². The number of nitrogens with one attached hydrogen (secondary N) is 1. The zero-order chi connectivity index (χ0) is 17.0. The highest BCUT2D eigenvalue weighted by Crippen LogP contribution is 2.34. The molecule has 2 rings (SSSR count). The van der Waals surface area contributed by atoms with Crippen LogP contribution in [0.15, 0.2) is 36.4 Å². The van der Waals surface area contributed by atoms with E-state index in [9.17, 15) is 4.79 Å². The lowest BCUT2D eigenvalue weighted by atomic mass is 10.2. The summed E-state index contributed by atoms with van der Waals surface area (Å²) in [5.41, 5.74) is 0.552. The molecule has 0 saturated carbocycles. The fourth-order valence-electron chi connectivity index (χ4n) is 1.82. The van der Waals surface area contributed by atoms with Crippen LogP contribution in [0.3, 0.4) is 0 Å². The second-order valence-corrected chi connectivity index (χ2v) is 5.87. The number of anilines is 1. The Morgan fingerprint density at radius 2 is 1.70 bits per heavy atom. The van der Waals surface area contributed by atoms with Crippen LogP contribution in [-0.2, 0) is 4.79 Å². The third-order valence-corrected chi connectivity index (χ3v) is 4.03. The van der Waals surface area contributed by atoms with Crippen LogP contribution in [-0.4, -0.2) is 19.1 Å². The first-order valence-corrected chi connectivity index (χ1v) is 7.81. The molecule has 2 aromatic carbocycles. The Bertz CT molecular complexity index is 722. The van der Waals surface area contributed by atoms with Gasteiger partial charge in [-0.05, 0) is 25.1 Å². The molecule has 0 aromatic heterocycles. The van der Waals surface area contributed by atoms with Gasteiger partial charge >= 0.3 is 0 Å². The van der Waals surface area contributed by atoms with E-state index in [1.807, 2.05) is 6.07 Å². The molecule has 1 atom stereocenters. The van der Waals surface area contributed by atoms with E-state index in [0.717, 1.165) is 0 Å². The van der Waals surface area contributed by atoms with E-state index in [-0.39, 0.29) is 16.7 Å². The minimum absolute atomic E-state index is 0.274. The maximum absolute atomic E-state index is 12.3. The van der Waals surface area contributed by atoms with Gasteiger partial charge < -0.3 is 14.8 Å².